The fourth-order valence-electron chi connectivity index (χ4n) is 4.17. The normalized spacial score (nSPS) is 17.3. The van der Waals surface area contributed by atoms with Gasteiger partial charge >= 0.3 is 0 Å². The molecule has 0 saturated heterocycles. The Morgan fingerprint density at radius 2 is 1.81 bits per heavy atom. The Labute approximate surface area is 165 Å². The molecule has 2 aromatic carbocycles. The Morgan fingerprint density at radius 3 is 2.54 bits per heavy atom. The summed E-state index contributed by atoms with van der Waals surface area (Å²) in [6.45, 7) is 6.52. The third kappa shape index (κ3) is 3.22. The first-order valence-electron chi connectivity index (χ1n) is 9.32. The zero-order valence-electron chi connectivity index (χ0n) is 15.3. The molecule has 4 rings (SSSR count). The van der Waals surface area contributed by atoms with Crippen LogP contribution in [0, 0.1) is 6.92 Å². The maximum Gasteiger partial charge on any atom is 0.0702 e. The highest BCUT2D eigenvalue weighted by Crippen LogP contribution is 2.43. The molecule has 2 heterocycles. The summed E-state index contributed by atoms with van der Waals surface area (Å²) >= 11 is 8.45. The molecule has 0 amide bonds. The van der Waals surface area contributed by atoms with E-state index in [-0.39, 0.29) is 0 Å². The lowest BCUT2D eigenvalue weighted by Gasteiger charge is -2.36. The van der Waals surface area contributed by atoms with Crippen molar-refractivity contribution in [3.05, 3.63) is 91.6 Å². The number of hydrogen-bond donors (Lipinski definition) is 0. The Hall–Kier alpha value is -1.61. The van der Waals surface area contributed by atoms with Gasteiger partial charge in [0.2, 0.25) is 0 Å². The van der Waals surface area contributed by atoms with E-state index in [0.717, 1.165) is 31.0 Å². The number of nitrogens with zero attached hydrogens (tertiary/aromatic N) is 1. The van der Waals surface area contributed by atoms with Gasteiger partial charge in [-0.3, -0.25) is 4.90 Å². The molecule has 0 N–H and O–H groups in total. The minimum Gasteiger partial charge on any atom is -0.287 e. The van der Waals surface area contributed by atoms with Crippen molar-refractivity contribution in [2.75, 3.05) is 6.54 Å². The van der Waals surface area contributed by atoms with E-state index in [1.165, 1.54) is 20.9 Å². The summed E-state index contributed by atoms with van der Waals surface area (Å²) in [6.07, 6.45) is 2.26. The van der Waals surface area contributed by atoms with Gasteiger partial charge in [-0.15, -0.1) is 11.3 Å². The van der Waals surface area contributed by atoms with Gasteiger partial charge in [0.15, 0.2) is 0 Å². The van der Waals surface area contributed by atoms with E-state index in [2.05, 4.69) is 61.2 Å². The molecule has 0 bridgehead atoms. The van der Waals surface area contributed by atoms with Crippen LogP contribution in [-0.4, -0.2) is 11.4 Å². The van der Waals surface area contributed by atoms with Crippen molar-refractivity contribution in [1.29, 1.82) is 0 Å². The molecule has 0 saturated carbocycles. The molecular formula is C23H24ClNS. The fraction of sp³-hybridized carbons (Fsp3) is 0.304. The third-order valence-electron chi connectivity index (χ3n) is 5.41. The van der Waals surface area contributed by atoms with E-state index in [4.69, 9.17) is 11.6 Å². The standard InChI is InChI=1S/C23H24ClNS/c1-3-19-16(2)26-23-20(19)13-14-25(15-18-11-7-8-12-21(18)24)22(23)17-9-5-4-6-10-17/h4-12,22H,3,13-15H2,1-2H3/t22-/m0/s1. The molecular weight excluding hydrogens is 358 g/mol. The van der Waals surface area contributed by atoms with Gasteiger partial charge in [0.1, 0.15) is 0 Å². The highest BCUT2D eigenvalue weighted by Gasteiger charge is 2.32. The van der Waals surface area contributed by atoms with Gasteiger partial charge in [-0.25, -0.2) is 0 Å². The van der Waals surface area contributed by atoms with E-state index in [1.807, 2.05) is 23.5 Å². The first kappa shape index (κ1) is 17.8. The SMILES string of the molecule is CCc1c(C)sc2c1CCN(Cc1ccccc1Cl)[C@H]2c1ccccc1. The van der Waals surface area contributed by atoms with Gasteiger partial charge in [-0.1, -0.05) is 67.1 Å². The molecule has 1 aliphatic heterocycles. The lowest BCUT2D eigenvalue weighted by Crippen LogP contribution is -2.35. The largest absolute Gasteiger partial charge is 0.287 e. The molecule has 0 fully saturated rings. The number of aryl methyl sites for hydroxylation is 1. The molecule has 0 aliphatic carbocycles. The second kappa shape index (κ2) is 7.56. The van der Waals surface area contributed by atoms with Crippen LogP contribution in [0.1, 0.15) is 45.0 Å². The van der Waals surface area contributed by atoms with Crippen LogP contribution >= 0.6 is 22.9 Å². The van der Waals surface area contributed by atoms with E-state index in [9.17, 15) is 0 Å². The van der Waals surface area contributed by atoms with Crippen LogP contribution in [0.15, 0.2) is 54.6 Å². The van der Waals surface area contributed by atoms with Crippen molar-refractivity contribution >= 4 is 22.9 Å². The van der Waals surface area contributed by atoms with Crippen LogP contribution in [0.25, 0.3) is 0 Å². The molecule has 1 aromatic heterocycles. The zero-order chi connectivity index (χ0) is 18.1. The first-order chi connectivity index (χ1) is 12.7. The van der Waals surface area contributed by atoms with Gasteiger partial charge in [-0.2, -0.15) is 0 Å². The molecule has 0 radical (unpaired) electrons. The molecule has 134 valence electrons. The highest BCUT2D eigenvalue weighted by molar-refractivity contribution is 7.12. The minimum atomic E-state index is 0.320. The number of halogens is 1. The van der Waals surface area contributed by atoms with Gasteiger partial charge in [0.05, 0.1) is 6.04 Å². The first-order valence-corrected chi connectivity index (χ1v) is 10.5. The maximum absolute atomic E-state index is 6.47. The van der Waals surface area contributed by atoms with E-state index >= 15 is 0 Å². The summed E-state index contributed by atoms with van der Waals surface area (Å²) in [4.78, 5) is 5.61. The van der Waals surface area contributed by atoms with Crippen molar-refractivity contribution < 1.29 is 0 Å². The van der Waals surface area contributed by atoms with Crippen LogP contribution in [0.4, 0.5) is 0 Å². The lowest BCUT2D eigenvalue weighted by atomic mass is 9.91. The monoisotopic (exact) mass is 381 g/mol. The van der Waals surface area contributed by atoms with Crippen molar-refractivity contribution in [2.45, 2.75) is 39.3 Å². The quantitative estimate of drug-likeness (QED) is 0.504. The third-order valence-corrected chi connectivity index (χ3v) is 7.02. The van der Waals surface area contributed by atoms with E-state index in [0.29, 0.717) is 6.04 Å². The maximum atomic E-state index is 6.47. The van der Waals surface area contributed by atoms with Crippen LogP contribution in [-0.2, 0) is 19.4 Å². The van der Waals surface area contributed by atoms with Gasteiger partial charge in [-0.05, 0) is 48.1 Å². The Bertz CT molecular complexity index is 900. The van der Waals surface area contributed by atoms with Crippen LogP contribution in [0.5, 0.6) is 0 Å². The van der Waals surface area contributed by atoms with Gasteiger partial charge < -0.3 is 0 Å². The second-order valence-corrected chi connectivity index (χ2v) is 8.62. The predicted octanol–water partition coefficient (Wildman–Crippen LogP) is 6.42. The minimum absolute atomic E-state index is 0.320. The van der Waals surface area contributed by atoms with Crippen molar-refractivity contribution in [2.24, 2.45) is 0 Å². The van der Waals surface area contributed by atoms with Crippen molar-refractivity contribution in [3.63, 3.8) is 0 Å². The van der Waals surface area contributed by atoms with Crippen LogP contribution in [0.3, 0.4) is 0 Å². The molecule has 26 heavy (non-hydrogen) atoms. The Kier molecular flexibility index (Phi) is 5.17. The number of thiophene rings is 1. The van der Waals surface area contributed by atoms with Crippen molar-refractivity contribution in [1.82, 2.24) is 4.90 Å². The topological polar surface area (TPSA) is 3.24 Å². The number of rotatable bonds is 4. The number of fused-ring (bicyclic) bond motifs is 1. The molecule has 3 aromatic rings. The van der Waals surface area contributed by atoms with Crippen LogP contribution < -0.4 is 0 Å². The predicted molar refractivity (Wildman–Crippen MR) is 112 cm³/mol. The molecule has 1 atom stereocenters. The number of hydrogen-bond acceptors (Lipinski definition) is 2. The average molecular weight is 382 g/mol. The fourth-order valence-corrected chi connectivity index (χ4v) is 5.83. The summed E-state index contributed by atoms with van der Waals surface area (Å²) in [5.74, 6) is 0. The Balaban J connectivity index is 1.78. The summed E-state index contributed by atoms with van der Waals surface area (Å²) in [6, 6.07) is 19.5. The summed E-state index contributed by atoms with van der Waals surface area (Å²) in [5.41, 5.74) is 5.76. The smallest absolute Gasteiger partial charge is 0.0702 e. The van der Waals surface area contributed by atoms with Gasteiger partial charge in [0.25, 0.3) is 0 Å². The molecule has 0 unspecified atom stereocenters. The molecule has 1 aliphatic rings. The second-order valence-electron chi connectivity index (χ2n) is 6.96. The molecule has 0 spiro atoms. The van der Waals surface area contributed by atoms with E-state index < -0.39 is 0 Å². The summed E-state index contributed by atoms with van der Waals surface area (Å²) < 4.78 is 0. The highest BCUT2D eigenvalue weighted by atomic mass is 35.5. The van der Waals surface area contributed by atoms with Crippen LogP contribution in [0.2, 0.25) is 5.02 Å². The summed E-state index contributed by atoms with van der Waals surface area (Å²) in [5, 5.41) is 0.863. The number of benzene rings is 2. The van der Waals surface area contributed by atoms with E-state index in [1.54, 1.807) is 11.1 Å². The molecule has 3 heteroatoms. The zero-order valence-corrected chi connectivity index (χ0v) is 16.9. The van der Waals surface area contributed by atoms with Gasteiger partial charge in [0, 0.05) is 27.9 Å². The average Bonchev–Trinajstić information content (AvgIpc) is 2.99. The summed E-state index contributed by atoms with van der Waals surface area (Å²) in [7, 11) is 0. The van der Waals surface area contributed by atoms with Crippen molar-refractivity contribution in [3.8, 4) is 0 Å². The molecule has 1 nitrogen and oxygen atoms in total. The lowest BCUT2D eigenvalue weighted by molar-refractivity contribution is 0.208. The Morgan fingerprint density at radius 1 is 1.08 bits per heavy atom.